The lowest BCUT2D eigenvalue weighted by Gasteiger charge is -2.13. The van der Waals surface area contributed by atoms with Crippen LogP contribution in [0.2, 0.25) is 0 Å². The van der Waals surface area contributed by atoms with Crippen LogP contribution in [-0.2, 0) is 0 Å². The summed E-state index contributed by atoms with van der Waals surface area (Å²) in [5.41, 5.74) is 14.3. The van der Waals surface area contributed by atoms with Crippen LogP contribution in [0.5, 0.6) is 0 Å². The second-order valence-electron chi connectivity index (χ2n) is 13.3. The largest absolute Gasteiger partial charge is 0.208 e. The van der Waals surface area contributed by atoms with Gasteiger partial charge in [-0.25, -0.2) is 15.0 Å². The lowest BCUT2D eigenvalue weighted by molar-refractivity contribution is 1.07. The molecule has 0 aliphatic heterocycles. The summed E-state index contributed by atoms with van der Waals surface area (Å²) >= 11 is 0. The monoisotopic (exact) mass is 689 g/mol. The van der Waals surface area contributed by atoms with Crippen molar-refractivity contribution in [1.29, 1.82) is 0 Å². The quantitative estimate of drug-likeness (QED) is 0.159. The molecule has 3 nitrogen and oxygen atoms in total. The van der Waals surface area contributed by atoms with Gasteiger partial charge >= 0.3 is 0 Å². The molecule has 8 aromatic carbocycles. The maximum absolute atomic E-state index is 5.15. The van der Waals surface area contributed by atoms with Crippen molar-refractivity contribution in [2.24, 2.45) is 0 Å². The molecule has 0 N–H and O–H groups in total. The molecule has 54 heavy (non-hydrogen) atoms. The molecule has 0 spiro atoms. The lowest BCUT2D eigenvalue weighted by Crippen LogP contribution is -2.01. The Morgan fingerprint density at radius 3 is 0.944 bits per heavy atom. The Bertz CT molecular complexity index is 2650. The number of hydrogen-bond acceptors (Lipinski definition) is 3. The molecule has 0 atom stereocenters. The van der Waals surface area contributed by atoms with E-state index in [-0.39, 0.29) is 0 Å². The summed E-state index contributed by atoms with van der Waals surface area (Å²) in [7, 11) is 0. The Kier molecular flexibility index (Phi) is 8.94. The second-order valence-corrected chi connectivity index (χ2v) is 13.3. The molecule has 1 aromatic heterocycles. The zero-order chi connectivity index (χ0) is 36.1. The molecule has 0 saturated heterocycles. The van der Waals surface area contributed by atoms with Crippen LogP contribution >= 0.6 is 0 Å². The number of rotatable bonds is 8. The van der Waals surface area contributed by atoms with Crippen LogP contribution in [0.3, 0.4) is 0 Å². The normalized spacial score (nSPS) is 11.0. The van der Waals surface area contributed by atoms with Crippen molar-refractivity contribution in [2.75, 3.05) is 0 Å². The predicted molar refractivity (Wildman–Crippen MR) is 223 cm³/mol. The van der Waals surface area contributed by atoms with E-state index in [1.165, 1.54) is 27.8 Å². The predicted octanol–water partition coefficient (Wildman–Crippen LogP) is 13.2. The Morgan fingerprint density at radius 1 is 0.185 bits per heavy atom. The molecule has 1 heterocycles. The molecular formula is C51H35N3. The first-order valence-electron chi connectivity index (χ1n) is 18.2. The summed E-state index contributed by atoms with van der Waals surface area (Å²) in [6.45, 7) is 0. The average Bonchev–Trinajstić information content (AvgIpc) is 3.27. The zero-order valence-electron chi connectivity index (χ0n) is 29.5. The highest BCUT2D eigenvalue weighted by Crippen LogP contribution is 2.35. The SMILES string of the molecule is c1ccc(-c2ccc(-c3nc(-c4ccc(-c5cccc(-c6ccccc6)c5)cc4)nc(-c4ccccc4-c4ccc(-c5ccccc5)cc4)n3)cc2)cc1. The molecule has 0 saturated carbocycles. The maximum Gasteiger partial charge on any atom is 0.164 e. The minimum absolute atomic E-state index is 0.626. The Labute approximate surface area is 316 Å². The third-order valence-corrected chi connectivity index (χ3v) is 9.80. The van der Waals surface area contributed by atoms with E-state index in [1.807, 2.05) is 24.3 Å². The highest BCUT2D eigenvalue weighted by atomic mass is 15.0. The molecule has 9 rings (SSSR count). The molecule has 0 fully saturated rings. The van der Waals surface area contributed by atoms with Gasteiger partial charge in [0.25, 0.3) is 0 Å². The third kappa shape index (κ3) is 6.87. The van der Waals surface area contributed by atoms with Crippen molar-refractivity contribution in [2.45, 2.75) is 0 Å². The van der Waals surface area contributed by atoms with Gasteiger partial charge in [-0.3, -0.25) is 0 Å². The van der Waals surface area contributed by atoms with E-state index in [1.54, 1.807) is 0 Å². The van der Waals surface area contributed by atoms with Crippen molar-refractivity contribution in [3.05, 3.63) is 212 Å². The van der Waals surface area contributed by atoms with Crippen LogP contribution < -0.4 is 0 Å². The van der Waals surface area contributed by atoms with Gasteiger partial charge < -0.3 is 0 Å². The van der Waals surface area contributed by atoms with Crippen LogP contribution in [0, 0.1) is 0 Å². The van der Waals surface area contributed by atoms with Crippen LogP contribution in [-0.4, -0.2) is 15.0 Å². The van der Waals surface area contributed by atoms with Crippen molar-refractivity contribution in [1.82, 2.24) is 15.0 Å². The summed E-state index contributed by atoms with van der Waals surface area (Å²) in [6.07, 6.45) is 0. The van der Waals surface area contributed by atoms with Crippen LogP contribution in [0.25, 0.3) is 89.8 Å². The minimum atomic E-state index is 0.626. The molecule has 0 aliphatic rings. The first-order valence-corrected chi connectivity index (χ1v) is 18.2. The summed E-state index contributed by atoms with van der Waals surface area (Å²) in [4.78, 5) is 15.4. The summed E-state index contributed by atoms with van der Waals surface area (Å²) in [6, 6.07) is 74.1. The van der Waals surface area contributed by atoms with Crippen LogP contribution in [0.4, 0.5) is 0 Å². The molecule has 0 amide bonds. The van der Waals surface area contributed by atoms with Gasteiger partial charge in [-0.15, -0.1) is 0 Å². The molecular weight excluding hydrogens is 655 g/mol. The smallest absolute Gasteiger partial charge is 0.164 e. The van der Waals surface area contributed by atoms with Gasteiger partial charge in [-0.2, -0.15) is 0 Å². The third-order valence-electron chi connectivity index (χ3n) is 9.80. The molecule has 0 bridgehead atoms. The van der Waals surface area contributed by atoms with Crippen LogP contribution in [0.15, 0.2) is 212 Å². The Balaban J connectivity index is 1.11. The molecule has 0 radical (unpaired) electrons. The van der Waals surface area contributed by atoms with Gasteiger partial charge in [0.1, 0.15) is 0 Å². The van der Waals surface area contributed by atoms with Gasteiger partial charge in [0.05, 0.1) is 0 Å². The van der Waals surface area contributed by atoms with E-state index in [0.717, 1.165) is 44.5 Å². The highest BCUT2D eigenvalue weighted by molar-refractivity contribution is 5.83. The number of hydrogen-bond donors (Lipinski definition) is 0. The summed E-state index contributed by atoms with van der Waals surface area (Å²) in [5, 5.41) is 0. The van der Waals surface area contributed by atoms with Gasteiger partial charge in [0.15, 0.2) is 17.5 Å². The first kappa shape index (κ1) is 32.7. The van der Waals surface area contributed by atoms with Crippen molar-refractivity contribution in [3.8, 4) is 89.8 Å². The maximum atomic E-state index is 5.15. The average molecular weight is 690 g/mol. The summed E-state index contributed by atoms with van der Waals surface area (Å²) in [5.74, 6) is 1.88. The van der Waals surface area contributed by atoms with Gasteiger partial charge in [0.2, 0.25) is 0 Å². The second kappa shape index (κ2) is 14.8. The van der Waals surface area contributed by atoms with Crippen molar-refractivity contribution >= 4 is 0 Å². The number of benzene rings is 8. The first-order chi connectivity index (χ1) is 26.7. The Hall–Kier alpha value is -7.23. The van der Waals surface area contributed by atoms with Gasteiger partial charge in [0, 0.05) is 16.7 Å². The highest BCUT2D eigenvalue weighted by Gasteiger charge is 2.16. The van der Waals surface area contributed by atoms with Gasteiger partial charge in [-0.05, 0) is 61.7 Å². The fraction of sp³-hybridized carbons (Fsp3) is 0. The topological polar surface area (TPSA) is 38.7 Å². The van der Waals surface area contributed by atoms with E-state index in [9.17, 15) is 0 Å². The minimum Gasteiger partial charge on any atom is -0.208 e. The van der Waals surface area contributed by atoms with Crippen LogP contribution in [0.1, 0.15) is 0 Å². The van der Waals surface area contributed by atoms with E-state index in [4.69, 9.17) is 15.0 Å². The van der Waals surface area contributed by atoms with E-state index in [0.29, 0.717) is 17.5 Å². The lowest BCUT2D eigenvalue weighted by atomic mass is 9.96. The van der Waals surface area contributed by atoms with E-state index >= 15 is 0 Å². The van der Waals surface area contributed by atoms with E-state index < -0.39 is 0 Å². The molecule has 0 aliphatic carbocycles. The molecule has 0 unspecified atom stereocenters. The van der Waals surface area contributed by atoms with Crippen molar-refractivity contribution < 1.29 is 0 Å². The number of nitrogens with zero attached hydrogens (tertiary/aromatic N) is 3. The fourth-order valence-electron chi connectivity index (χ4n) is 6.92. The van der Waals surface area contributed by atoms with E-state index in [2.05, 4.69) is 188 Å². The molecule has 9 aromatic rings. The van der Waals surface area contributed by atoms with Gasteiger partial charge in [-0.1, -0.05) is 206 Å². The molecule has 3 heteroatoms. The fourth-order valence-corrected chi connectivity index (χ4v) is 6.92. The standard InChI is InChI=1S/C51H35N3/c1-4-13-36(14-5-1)39-23-29-42(30-24-39)47-21-10-11-22-48(47)51-53-49(43-31-25-40(26-32-43)37-15-6-2-7-16-37)52-50(54-51)44-33-27-41(28-34-44)46-20-12-19-45(35-46)38-17-8-3-9-18-38/h1-35H. The number of aromatic nitrogens is 3. The summed E-state index contributed by atoms with van der Waals surface area (Å²) < 4.78 is 0. The zero-order valence-corrected chi connectivity index (χ0v) is 29.5. The molecule has 254 valence electrons. The van der Waals surface area contributed by atoms with Crippen molar-refractivity contribution in [3.63, 3.8) is 0 Å². The Morgan fingerprint density at radius 2 is 0.481 bits per heavy atom.